The Bertz CT molecular complexity index is 503. The van der Waals surface area contributed by atoms with Gasteiger partial charge in [-0.25, -0.2) is 9.78 Å². The Labute approximate surface area is 121 Å². The fourth-order valence-electron chi connectivity index (χ4n) is 2.03. The lowest BCUT2D eigenvalue weighted by molar-refractivity contribution is -0.122. The van der Waals surface area contributed by atoms with Gasteiger partial charge in [0.25, 0.3) is 0 Å². The maximum Gasteiger partial charge on any atom is 0.413 e. The van der Waals surface area contributed by atoms with Crippen molar-refractivity contribution < 1.29 is 14.3 Å². The molecule has 0 fully saturated rings. The van der Waals surface area contributed by atoms with Gasteiger partial charge in [0.2, 0.25) is 5.91 Å². The number of nitrogens with one attached hydrogen (secondary N) is 2. The fourth-order valence-corrected chi connectivity index (χ4v) is 3.07. The van der Waals surface area contributed by atoms with Gasteiger partial charge in [0, 0.05) is 30.9 Å². The average Bonchev–Trinajstić information content (AvgIpc) is 2.80. The van der Waals surface area contributed by atoms with Gasteiger partial charge in [0.15, 0.2) is 5.13 Å². The van der Waals surface area contributed by atoms with E-state index in [1.807, 2.05) is 6.92 Å². The summed E-state index contributed by atoms with van der Waals surface area (Å²) in [6.07, 6.45) is 0.268. The molecule has 0 atom stereocenters. The van der Waals surface area contributed by atoms with Crippen molar-refractivity contribution in [3.05, 3.63) is 10.6 Å². The van der Waals surface area contributed by atoms with Gasteiger partial charge in [-0.2, -0.15) is 0 Å². The maximum atomic E-state index is 11.6. The molecule has 0 bridgehead atoms. The van der Waals surface area contributed by atoms with E-state index in [0.29, 0.717) is 24.8 Å². The number of carbonyl (C=O) groups excluding carboxylic acids is 2. The van der Waals surface area contributed by atoms with Crippen molar-refractivity contribution in [1.29, 1.82) is 0 Å². The number of likely N-dealkylation sites (N-methyl/N-ethyl adjacent to an activating group) is 1. The number of methoxy groups -OCH3 is 1. The van der Waals surface area contributed by atoms with Crippen molar-refractivity contribution in [1.82, 2.24) is 15.2 Å². The highest BCUT2D eigenvalue weighted by atomic mass is 32.1. The lowest BCUT2D eigenvalue weighted by atomic mass is 10.2. The molecule has 0 saturated carbocycles. The van der Waals surface area contributed by atoms with E-state index in [1.165, 1.54) is 18.4 Å². The SMILES string of the molecule is CCNC(=O)CN1CCc2nc(NC(=O)OC)sc2C1. The minimum absolute atomic E-state index is 0.0355. The highest BCUT2D eigenvalue weighted by Gasteiger charge is 2.22. The normalized spacial score (nSPS) is 14.5. The summed E-state index contributed by atoms with van der Waals surface area (Å²) >= 11 is 1.43. The summed E-state index contributed by atoms with van der Waals surface area (Å²) in [7, 11) is 1.32. The number of ether oxygens (including phenoxy) is 1. The van der Waals surface area contributed by atoms with Crippen LogP contribution in [0.2, 0.25) is 0 Å². The molecule has 0 saturated heterocycles. The van der Waals surface area contributed by atoms with Crippen LogP contribution >= 0.6 is 11.3 Å². The summed E-state index contributed by atoms with van der Waals surface area (Å²) < 4.78 is 4.54. The van der Waals surface area contributed by atoms with Crippen molar-refractivity contribution in [2.75, 3.05) is 32.1 Å². The van der Waals surface area contributed by atoms with E-state index < -0.39 is 6.09 Å². The van der Waals surface area contributed by atoms with E-state index in [9.17, 15) is 9.59 Å². The summed E-state index contributed by atoms with van der Waals surface area (Å²) in [5.74, 6) is 0.0355. The second kappa shape index (κ2) is 6.67. The molecule has 20 heavy (non-hydrogen) atoms. The Morgan fingerprint density at radius 1 is 1.50 bits per heavy atom. The van der Waals surface area contributed by atoms with Gasteiger partial charge in [-0.15, -0.1) is 0 Å². The van der Waals surface area contributed by atoms with Crippen LogP contribution < -0.4 is 10.6 Å². The Balaban J connectivity index is 1.96. The highest BCUT2D eigenvalue weighted by Crippen LogP contribution is 2.28. The molecule has 7 nitrogen and oxygen atoms in total. The monoisotopic (exact) mass is 298 g/mol. The summed E-state index contributed by atoms with van der Waals surface area (Å²) in [4.78, 5) is 30.3. The van der Waals surface area contributed by atoms with Crippen LogP contribution in [0.3, 0.4) is 0 Å². The van der Waals surface area contributed by atoms with Crippen LogP contribution in [0.4, 0.5) is 9.93 Å². The molecular weight excluding hydrogens is 280 g/mol. The predicted molar refractivity (Wildman–Crippen MR) is 75.8 cm³/mol. The number of fused-ring (bicyclic) bond motifs is 1. The number of carbonyl (C=O) groups is 2. The van der Waals surface area contributed by atoms with Crippen molar-refractivity contribution in [3.8, 4) is 0 Å². The van der Waals surface area contributed by atoms with E-state index in [1.54, 1.807) is 0 Å². The van der Waals surface area contributed by atoms with Crippen molar-refractivity contribution >= 4 is 28.5 Å². The number of hydrogen-bond acceptors (Lipinski definition) is 6. The first kappa shape index (κ1) is 14.7. The van der Waals surface area contributed by atoms with E-state index in [4.69, 9.17) is 0 Å². The van der Waals surface area contributed by atoms with Gasteiger partial charge in [-0.1, -0.05) is 11.3 Å². The largest absolute Gasteiger partial charge is 0.453 e. The third-order valence-corrected chi connectivity index (χ3v) is 3.94. The molecule has 1 aromatic heterocycles. The molecule has 0 radical (unpaired) electrons. The lowest BCUT2D eigenvalue weighted by Gasteiger charge is -2.24. The molecule has 1 aliphatic heterocycles. The number of aromatic nitrogens is 1. The first-order valence-corrected chi connectivity index (χ1v) is 7.26. The van der Waals surface area contributed by atoms with Gasteiger partial charge < -0.3 is 10.1 Å². The summed E-state index contributed by atoms with van der Waals surface area (Å²) in [5.41, 5.74) is 0.994. The quantitative estimate of drug-likeness (QED) is 0.859. The van der Waals surface area contributed by atoms with Crippen LogP contribution in [0, 0.1) is 0 Å². The molecular formula is C12H18N4O3S. The standard InChI is InChI=1S/C12H18N4O3S/c1-3-13-10(17)7-16-5-4-8-9(6-16)20-11(14-8)15-12(18)19-2/h3-7H2,1-2H3,(H,13,17)(H,14,15,18). The second-order valence-corrected chi connectivity index (χ2v) is 5.50. The Morgan fingerprint density at radius 3 is 3.00 bits per heavy atom. The lowest BCUT2D eigenvalue weighted by Crippen LogP contribution is -2.39. The highest BCUT2D eigenvalue weighted by molar-refractivity contribution is 7.15. The fraction of sp³-hybridized carbons (Fsp3) is 0.583. The van der Waals surface area contributed by atoms with E-state index in [-0.39, 0.29) is 5.91 Å². The Kier molecular flexibility index (Phi) is 4.91. The van der Waals surface area contributed by atoms with Crippen molar-refractivity contribution in [3.63, 3.8) is 0 Å². The molecule has 110 valence electrons. The third kappa shape index (κ3) is 3.67. The van der Waals surface area contributed by atoms with E-state index >= 15 is 0 Å². The zero-order valence-corrected chi connectivity index (χ0v) is 12.4. The van der Waals surface area contributed by atoms with Crippen LogP contribution in [0.25, 0.3) is 0 Å². The molecule has 0 aromatic carbocycles. The first-order valence-electron chi connectivity index (χ1n) is 6.45. The molecule has 2 heterocycles. The van der Waals surface area contributed by atoms with Gasteiger partial charge in [0.1, 0.15) is 0 Å². The number of anilines is 1. The van der Waals surface area contributed by atoms with Crippen LogP contribution in [-0.4, -0.2) is 48.6 Å². The van der Waals surface area contributed by atoms with Crippen LogP contribution in [-0.2, 0) is 22.5 Å². The summed E-state index contributed by atoms with van der Waals surface area (Å²) in [5, 5.41) is 5.91. The summed E-state index contributed by atoms with van der Waals surface area (Å²) in [6, 6.07) is 0. The van der Waals surface area contributed by atoms with E-state index in [0.717, 1.165) is 23.5 Å². The molecule has 0 unspecified atom stereocenters. The zero-order chi connectivity index (χ0) is 14.5. The maximum absolute atomic E-state index is 11.6. The number of nitrogens with zero attached hydrogens (tertiary/aromatic N) is 2. The van der Waals surface area contributed by atoms with Crippen molar-refractivity contribution in [2.24, 2.45) is 0 Å². The van der Waals surface area contributed by atoms with Crippen LogP contribution in [0.15, 0.2) is 0 Å². The Morgan fingerprint density at radius 2 is 2.30 bits per heavy atom. The van der Waals surface area contributed by atoms with E-state index in [2.05, 4.69) is 25.3 Å². The van der Waals surface area contributed by atoms with Gasteiger partial charge in [-0.05, 0) is 6.92 Å². The van der Waals surface area contributed by atoms with Gasteiger partial charge >= 0.3 is 6.09 Å². The Hall–Kier alpha value is -1.67. The number of hydrogen-bond donors (Lipinski definition) is 2. The molecule has 2 amide bonds. The van der Waals surface area contributed by atoms with Gasteiger partial charge in [0.05, 0.1) is 19.3 Å². The predicted octanol–water partition coefficient (Wildman–Crippen LogP) is 0.816. The van der Waals surface area contributed by atoms with Crippen LogP contribution in [0.5, 0.6) is 0 Å². The third-order valence-electron chi connectivity index (χ3n) is 2.95. The first-order chi connectivity index (χ1) is 9.62. The zero-order valence-electron chi connectivity index (χ0n) is 11.6. The molecule has 1 aliphatic rings. The molecule has 1 aromatic rings. The minimum Gasteiger partial charge on any atom is -0.453 e. The molecule has 2 rings (SSSR count). The number of thiazole rings is 1. The van der Waals surface area contributed by atoms with Gasteiger partial charge in [-0.3, -0.25) is 15.0 Å². The molecule has 2 N–H and O–H groups in total. The molecule has 0 spiro atoms. The minimum atomic E-state index is -0.518. The molecule has 0 aliphatic carbocycles. The average molecular weight is 298 g/mol. The second-order valence-electron chi connectivity index (χ2n) is 4.42. The van der Waals surface area contributed by atoms with Crippen LogP contribution in [0.1, 0.15) is 17.5 Å². The smallest absolute Gasteiger partial charge is 0.413 e. The summed E-state index contributed by atoms with van der Waals surface area (Å²) in [6.45, 7) is 4.43. The number of rotatable bonds is 4. The topological polar surface area (TPSA) is 83.6 Å². The number of amides is 2. The van der Waals surface area contributed by atoms with Crippen molar-refractivity contribution in [2.45, 2.75) is 19.9 Å². The molecule has 8 heteroatoms.